The lowest BCUT2D eigenvalue weighted by Gasteiger charge is -2.10. The lowest BCUT2D eigenvalue weighted by molar-refractivity contribution is -0.117. The molecule has 0 atom stereocenters. The Labute approximate surface area is 182 Å². The second-order valence-electron chi connectivity index (χ2n) is 6.92. The van der Waals surface area contributed by atoms with Crippen LogP contribution in [0, 0.1) is 5.92 Å². The van der Waals surface area contributed by atoms with Crippen molar-refractivity contribution in [2.24, 2.45) is 5.92 Å². The summed E-state index contributed by atoms with van der Waals surface area (Å²) in [7, 11) is 0. The lowest BCUT2D eigenvalue weighted by Crippen LogP contribution is -2.15. The zero-order valence-electron chi connectivity index (χ0n) is 15.8. The molecular formula is C22H18ClN3O3S. The average molecular weight is 440 g/mol. The van der Waals surface area contributed by atoms with Gasteiger partial charge in [-0.2, -0.15) is 0 Å². The smallest absolute Gasteiger partial charge is 0.265 e. The molecule has 4 rings (SSSR count). The van der Waals surface area contributed by atoms with E-state index in [2.05, 4.69) is 16.0 Å². The summed E-state index contributed by atoms with van der Waals surface area (Å²) < 4.78 is 0. The number of thiophene rings is 1. The van der Waals surface area contributed by atoms with Gasteiger partial charge < -0.3 is 16.0 Å². The van der Waals surface area contributed by atoms with Crippen molar-refractivity contribution in [3.05, 3.63) is 75.4 Å². The number of hydrogen-bond donors (Lipinski definition) is 3. The fourth-order valence-electron chi connectivity index (χ4n) is 2.78. The van der Waals surface area contributed by atoms with Crippen LogP contribution in [-0.4, -0.2) is 17.7 Å². The second kappa shape index (κ2) is 8.69. The maximum atomic E-state index is 12.6. The Bertz CT molecular complexity index is 1090. The van der Waals surface area contributed by atoms with E-state index >= 15 is 0 Å². The number of halogens is 1. The minimum Gasteiger partial charge on any atom is -0.326 e. The van der Waals surface area contributed by atoms with Gasteiger partial charge >= 0.3 is 0 Å². The maximum Gasteiger partial charge on any atom is 0.265 e. The Morgan fingerprint density at radius 2 is 1.57 bits per heavy atom. The normalized spacial score (nSPS) is 12.8. The third-order valence-corrected chi connectivity index (χ3v) is 5.78. The Morgan fingerprint density at radius 3 is 2.20 bits per heavy atom. The molecular weight excluding hydrogens is 422 g/mol. The quantitative estimate of drug-likeness (QED) is 0.490. The van der Waals surface area contributed by atoms with Crippen LogP contribution in [0.15, 0.2) is 60.0 Å². The van der Waals surface area contributed by atoms with Crippen molar-refractivity contribution in [2.45, 2.75) is 12.8 Å². The summed E-state index contributed by atoms with van der Waals surface area (Å²) in [6.07, 6.45) is 1.88. The third kappa shape index (κ3) is 4.87. The SMILES string of the molecule is O=C(Nc1ccc(NC(=O)C2CC2)cc1)c1ccc(Cl)c(NC(=O)c2cccs2)c1. The summed E-state index contributed by atoms with van der Waals surface area (Å²) in [4.78, 5) is 37.2. The topological polar surface area (TPSA) is 87.3 Å². The first kappa shape index (κ1) is 20.1. The van der Waals surface area contributed by atoms with Crippen LogP contribution in [0.3, 0.4) is 0 Å². The summed E-state index contributed by atoms with van der Waals surface area (Å²) in [5.41, 5.74) is 1.99. The molecule has 8 heteroatoms. The molecule has 0 spiro atoms. The molecule has 0 radical (unpaired) electrons. The molecule has 0 aliphatic heterocycles. The van der Waals surface area contributed by atoms with Gasteiger partial charge in [-0.05, 0) is 66.8 Å². The summed E-state index contributed by atoms with van der Waals surface area (Å²) in [5, 5.41) is 10.5. The van der Waals surface area contributed by atoms with E-state index in [9.17, 15) is 14.4 Å². The van der Waals surface area contributed by atoms with Crippen molar-refractivity contribution in [1.29, 1.82) is 0 Å². The van der Waals surface area contributed by atoms with Gasteiger partial charge in [0.2, 0.25) is 5.91 Å². The van der Waals surface area contributed by atoms with Crippen LogP contribution in [0.5, 0.6) is 0 Å². The predicted molar refractivity (Wildman–Crippen MR) is 119 cm³/mol. The first-order chi connectivity index (χ1) is 14.5. The molecule has 1 heterocycles. The van der Waals surface area contributed by atoms with Crippen LogP contribution in [0.2, 0.25) is 5.02 Å². The zero-order chi connectivity index (χ0) is 21.1. The summed E-state index contributed by atoms with van der Waals surface area (Å²) in [6.45, 7) is 0. The highest BCUT2D eigenvalue weighted by molar-refractivity contribution is 7.12. The van der Waals surface area contributed by atoms with Crippen LogP contribution >= 0.6 is 22.9 Å². The standard InChI is InChI=1S/C22H18ClN3O3S/c23-17-10-5-14(12-18(17)26-22(29)19-2-1-11-30-19)21(28)25-16-8-6-15(7-9-16)24-20(27)13-3-4-13/h1-2,5-13H,3-4H2,(H,24,27)(H,25,28)(H,26,29). The number of benzene rings is 2. The molecule has 1 aromatic heterocycles. The van der Waals surface area contributed by atoms with Gasteiger partial charge in [0.15, 0.2) is 0 Å². The van der Waals surface area contributed by atoms with E-state index < -0.39 is 0 Å². The van der Waals surface area contributed by atoms with Crippen molar-refractivity contribution < 1.29 is 14.4 Å². The minimum atomic E-state index is -0.340. The first-order valence-electron chi connectivity index (χ1n) is 9.36. The number of anilines is 3. The van der Waals surface area contributed by atoms with Crippen LogP contribution in [0.1, 0.15) is 32.9 Å². The maximum absolute atomic E-state index is 12.6. The van der Waals surface area contributed by atoms with Crippen molar-refractivity contribution in [2.75, 3.05) is 16.0 Å². The van der Waals surface area contributed by atoms with Crippen LogP contribution in [0.4, 0.5) is 17.1 Å². The largest absolute Gasteiger partial charge is 0.326 e. The molecule has 2 aromatic carbocycles. The summed E-state index contributed by atoms with van der Waals surface area (Å²) in [5.74, 6) is -0.463. The van der Waals surface area contributed by atoms with E-state index in [1.807, 2.05) is 5.38 Å². The lowest BCUT2D eigenvalue weighted by atomic mass is 10.1. The Hall–Kier alpha value is -3.16. The third-order valence-electron chi connectivity index (χ3n) is 4.58. The van der Waals surface area contributed by atoms with E-state index in [0.29, 0.717) is 32.5 Å². The molecule has 0 bridgehead atoms. The Kier molecular flexibility index (Phi) is 5.83. The van der Waals surface area contributed by atoms with Crippen LogP contribution in [0.25, 0.3) is 0 Å². The van der Waals surface area contributed by atoms with E-state index in [1.165, 1.54) is 17.4 Å². The summed E-state index contributed by atoms with van der Waals surface area (Å²) in [6, 6.07) is 15.1. The number of hydrogen-bond acceptors (Lipinski definition) is 4. The predicted octanol–water partition coefficient (Wildman–Crippen LogP) is 5.25. The Morgan fingerprint density at radius 1 is 0.867 bits per heavy atom. The molecule has 1 saturated carbocycles. The molecule has 152 valence electrons. The molecule has 3 N–H and O–H groups in total. The van der Waals surface area contributed by atoms with Crippen molar-refractivity contribution in [1.82, 2.24) is 0 Å². The fourth-order valence-corrected chi connectivity index (χ4v) is 3.57. The average Bonchev–Trinajstić information content (AvgIpc) is 3.45. The van der Waals surface area contributed by atoms with Crippen molar-refractivity contribution in [3.63, 3.8) is 0 Å². The highest BCUT2D eigenvalue weighted by atomic mass is 35.5. The Balaban J connectivity index is 1.41. The van der Waals surface area contributed by atoms with E-state index in [-0.39, 0.29) is 23.6 Å². The van der Waals surface area contributed by atoms with Gasteiger partial charge in [-0.15, -0.1) is 11.3 Å². The number of amides is 3. The van der Waals surface area contributed by atoms with Gasteiger partial charge in [0.25, 0.3) is 11.8 Å². The number of nitrogens with one attached hydrogen (secondary N) is 3. The minimum absolute atomic E-state index is 0.0325. The first-order valence-corrected chi connectivity index (χ1v) is 10.6. The molecule has 0 unspecified atom stereocenters. The van der Waals surface area contributed by atoms with Crippen molar-refractivity contribution in [3.8, 4) is 0 Å². The van der Waals surface area contributed by atoms with Crippen LogP contribution < -0.4 is 16.0 Å². The van der Waals surface area contributed by atoms with Crippen LogP contribution in [-0.2, 0) is 4.79 Å². The molecule has 6 nitrogen and oxygen atoms in total. The molecule has 30 heavy (non-hydrogen) atoms. The molecule has 3 amide bonds. The van der Waals surface area contributed by atoms with Gasteiger partial charge in [-0.3, -0.25) is 14.4 Å². The zero-order valence-corrected chi connectivity index (χ0v) is 17.3. The molecule has 1 aliphatic rings. The highest BCUT2D eigenvalue weighted by Gasteiger charge is 2.29. The van der Waals surface area contributed by atoms with Crippen molar-refractivity contribution >= 4 is 57.7 Å². The number of carbonyl (C=O) groups excluding carboxylic acids is 3. The van der Waals surface area contributed by atoms with Gasteiger partial charge in [-0.1, -0.05) is 17.7 Å². The van der Waals surface area contributed by atoms with Gasteiger partial charge in [0.1, 0.15) is 0 Å². The molecule has 1 fully saturated rings. The second-order valence-corrected chi connectivity index (χ2v) is 8.28. The summed E-state index contributed by atoms with van der Waals surface area (Å²) >= 11 is 7.49. The molecule has 0 saturated heterocycles. The molecule has 1 aliphatic carbocycles. The van der Waals surface area contributed by atoms with E-state index in [4.69, 9.17) is 11.6 Å². The van der Waals surface area contributed by atoms with Gasteiger partial charge in [-0.25, -0.2) is 0 Å². The molecule has 3 aromatic rings. The highest BCUT2D eigenvalue weighted by Crippen LogP contribution is 2.30. The van der Waals surface area contributed by atoms with E-state index in [0.717, 1.165) is 12.8 Å². The monoisotopic (exact) mass is 439 g/mol. The fraction of sp³-hybridized carbons (Fsp3) is 0.136. The van der Waals surface area contributed by atoms with E-state index in [1.54, 1.807) is 48.5 Å². The van der Waals surface area contributed by atoms with Gasteiger partial charge in [0.05, 0.1) is 15.6 Å². The number of carbonyl (C=O) groups is 3. The number of rotatable bonds is 6. The van der Waals surface area contributed by atoms with Gasteiger partial charge in [0, 0.05) is 22.9 Å².